The molecule has 1 N–H and O–H groups in total. The van der Waals surface area contributed by atoms with Gasteiger partial charge in [0.2, 0.25) is 0 Å². The van der Waals surface area contributed by atoms with E-state index in [-0.39, 0.29) is 5.91 Å². The van der Waals surface area contributed by atoms with Crippen molar-refractivity contribution in [3.63, 3.8) is 0 Å². The average molecular weight is 418 g/mol. The first-order chi connectivity index (χ1) is 14.6. The van der Waals surface area contributed by atoms with Crippen molar-refractivity contribution in [1.29, 1.82) is 0 Å². The minimum atomic E-state index is -0.0553. The van der Waals surface area contributed by atoms with E-state index in [1.54, 1.807) is 12.5 Å². The fourth-order valence-corrected chi connectivity index (χ4v) is 4.97. The van der Waals surface area contributed by atoms with Crippen molar-refractivity contribution in [3.8, 4) is 0 Å². The number of aryl methyl sites for hydroxylation is 2. The Balaban J connectivity index is 1.37. The topological polar surface area (TPSA) is 72.7 Å². The van der Waals surface area contributed by atoms with Crippen LogP contribution in [0.2, 0.25) is 0 Å². The van der Waals surface area contributed by atoms with Crippen molar-refractivity contribution in [2.24, 2.45) is 0 Å². The van der Waals surface area contributed by atoms with Gasteiger partial charge in [0.1, 0.15) is 10.7 Å². The number of aromatic nitrogens is 4. The van der Waals surface area contributed by atoms with Crippen LogP contribution in [0.4, 0.5) is 0 Å². The Morgan fingerprint density at radius 3 is 2.73 bits per heavy atom. The number of carbonyl (C=O) groups excluding carboxylic acids is 1. The molecule has 6 nitrogen and oxygen atoms in total. The van der Waals surface area contributed by atoms with Gasteiger partial charge in [-0.25, -0.2) is 15.0 Å². The summed E-state index contributed by atoms with van der Waals surface area (Å²) in [7, 11) is 0. The van der Waals surface area contributed by atoms with Gasteiger partial charge in [-0.15, -0.1) is 11.3 Å². The Kier molecular flexibility index (Phi) is 4.83. The summed E-state index contributed by atoms with van der Waals surface area (Å²) in [5, 5.41) is 4.13. The van der Waals surface area contributed by atoms with E-state index in [1.165, 1.54) is 29.7 Å². The Morgan fingerprint density at radius 1 is 1.20 bits per heavy atom. The second-order valence-corrected chi connectivity index (χ2v) is 8.86. The van der Waals surface area contributed by atoms with Crippen LogP contribution in [0, 0.1) is 13.8 Å². The molecule has 0 bridgehead atoms. The van der Waals surface area contributed by atoms with Gasteiger partial charge in [0, 0.05) is 36.8 Å². The van der Waals surface area contributed by atoms with Crippen molar-refractivity contribution in [1.82, 2.24) is 24.8 Å². The number of nitrogens with zero attached hydrogens (tertiary/aromatic N) is 4. The van der Waals surface area contributed by atoms with E-state index < -0.39 is 0 Å². The minimum absolute atomic E-state index is 0.0553. The van der Waals surface area contributed by atoms with Crippen LogP contribution >= 0.6 is 11.3 Å². The van der Waals surface area contributed by atoms with Crippen LogP contribution in [0.5, 0.6) is 0 Å². The highest BCUT2D eigenvalue weighted by atomic mass is 32.1. The van der Waals surface area contributed by atoms with Gasteiger partial charge >= 0.3 is 0 Å². The molecule has 1 aromatic carbocycles. The molecule has 7 heteroatoms. The molecular formula is C23H23N5OS. The number of hydrogen-bond acceptors (Lipinski definition) is 5. The lowest BCUT2D eigenvalue weighted by molar-refractivity contribution is 0.0954. The van der Waals surface area contributed by atoms with E-state index in [4.69, 9.17) is 9.97 Å². The molecule has 0 radical (unpaired) electrons. The van der Waals surface area contributed by atoms with Crippen molar-refractivity contribution < 1.29 is 4.79 Å². The molecule has 5 rings (SSSR count). The second kappa shape index (κ2) is 7.65. The van der Waals surface area contributed by atoms with E-state index in [1.807, 2.05) is 36.7 Å². The third-order valence-electron chi connectivity index (χ3n) is 5.61. The van der Waals surface area contributed by atoms with Crippen LogP contribution < -0.4 is 5.32 Å². The molecule has 1 amide bonds. The molecule has 3 heterocycles. The van der Waals surface area contributed by atoms with E-state index in [0.717, 1.165) is 44.3 Å². The number of imidazole rings is 1. The number of hydrogen-bond donors (Lipinski definition) is 1. The summed E-state index contributed by atoms with van der Waals surface area (Å²) in [6.07, 6.45) is 7.85. The van der Waals surface area contributed by atoms with E-state index in [0.29, 0.717) is 12.5 Å². The quantitative estimate of drug-likeness (QED) is 0.506. The van der Waals surface area contributed by atoms with Crippen LogP contribution in [-0.2, 0) is 13.1 Å². The molecule has 0 spiro atoms. The third kappa shape index (κ3) is 3.61. The number of rotatable bonds is 6. The number of benzene rings is 1. The predicted molar refractivity (Wildman–Crippen MR) is 118 cm³/mol. The average Bonchev–Trinajstić information content (AvgIpc) is 3.37. The minimum Gasteiger partial charge on any atom is -0.347 e. The lowest BCUT2D eigenvalue weighted by atomic mass is 10.1. The summed E-state index contributed by atoms with van der Waals surface area (Å²) < 4.78 is 2.02. The van der Waals surface area contributed by atoms with E-state index in [9.17, 15) is 4.79 Å². The molecule has 4 aromatic rings. The monoisotopic (exact) mass is 417 g/mol. The van der Waals surface area contributed by atoms with Crippen LogP contribution in [0.25, 0.3) is 10.2 Å². The first-order valence-corrected chi connectivity index (χ1v) is 11.0. The lowest BCUT2D eigenvalue weighted by Crippen LogP contribution is -2.23. The molecule has 0 aliphatic heterocycles. The number of fused-ring (bicyclic) bond motifs is 1. The standard InChI is InChI=1S/C23H23N5OS/c1-14-19-15(2)26-21(16-7-8-16)27-23(19)30-20(14)22(29)25-11-17-5-3-4-6-18(17)12-28-10-9-24-13-28/h3-6,9-10,13,16H,7-8,11-12H2,1-2H3,(H,25,29). The van der Waals surface area contributed by atoms with Gasteiger partial charge in [0.25, 0.3) is 5.91 Å². The van der Waals surface area contributed by atoms with Gasteiger partial charge in [0.15, 0.2) is 0 Å². The number of thiophene rings is 1. The van der Waals surface area contributed by atoms with Gasteiger partial charge in [-0.2, -0.15) is 0 Å². The first-order valence-electron chi connectivity index (χ1n) is 10.2. The first kappa shape index (κ1) is 18.9. The fraction of sp³-hybridized carbons (Fsp3) is 0.304. The highest BCUT2D eigenvalue weighted by molar-refractivity contribution is 7.20. The van der Waals surface area contributed by atoms with Crippen LogP contribution in [0.3, 0.4) is 0 Å². The molecule has 1 aliphatic rings. The van der Waals surface area contributed by atoms with E-state index in [2.05, 4.69) is 22.4 Å². The summed E-state index contributed by atoms with van der Waals surface area (Å²) in [5.41, 5.74) is 4.21. The van der Waals surface area contributed by atoms with Crippen molar-refractivity contribution in [2.75, 3.05) is 0 Å². The summed E-state index contributed by atoms with van der Waals surface area (Å²) in [5.74, 6) is 1.38. The predicted octanol–water partition coefficient (Wildman–Crippen LogP) is 4.36. The van der Waals surface area contributed by atoms with Gasteiger partial charge in [-0.1, -0.05) is 24.3 Å². The number of carbonyl (C=O) groups is 1. The maximum Gasteiger partial charge on any atom is 0.261 e. The normalized spacial score (nSPS) is 13.7. The van der Waals surface area contributed by atoms with Crippen molar-refractivity contribution in [3.05, 3.63) is 76.1 Å². The molecule has 1 aliphatic carbocycles. The number of nitrogens with one attached hydrogen (secondary N) is 1. The highest BCUT2D eigenvalue weighted by Crippen LogP contribution is 2.40. The Labute approximate surface area is 179 Å². The Bertz CT molecular complexity index is 1220. The third-order valence-corrected chi connectivity index (χ3v) is 6.79. The zero-order valence-electron chi connectivity index (χ0n) is 17.1. The summed E-state index contributed by atoms with van der Waals surface area (Å²) in [4.78, 5) is 28.2. The van der Waals surface area contributed by atoms with Crippen LogP contribution in [0.1, 0.15) is 56.6 Å². The summed E-state index contributed by atoms with van der Waals surface area (Å²) in [6, 6.07) is 8.17. The van der Waals surface area contributed by atoms with Gasteiger partial charge in [-0.05, 0) is 43.4 Å². The van der Waals surface area contributed by atoms with Crippen molar-refractivity contribution in [2.45, 2.75) is 45.7 Å². The molecule has 30 heavy (non-hydrogen) atoms. The highest BCUT2D eigenvalue weighted by Gasteiger charge is 2.28. The molecule has 1 fully saturated rings. The maximum absolute atomic E-state index is 13.0. The largest absolute Gasteiger partial charge is 0.347 e. The van der Waals surface area contributed by atoms with E-state index >= 15 is 0 Å². The summed E-state index contributed by atoms with van der Waals surface area (Å²) in [6.45, 7) is 5.22. The SMILES string of the molecule is Cc1nc(C2CC2)nc2sc(C(=O)NCc3ccccc3Cn3ccnc3)c(C)c12. The zero-order valence-corrected chi connectivity index (χ0v) is 17.9. The maximum atomic E-state index is 13.0. The van der Waals surface area contributed by atoms with Crippen molar-refractivity contribution >= 4 is 27.5 Å². The molecule has 0 saturated heterocycles. The van der Waals surface area contributed by atoms with Gasteiger partial charge in [-0.3, -0.25) is 4.79 Å². The lowest BCUT2D eigenvalue weighted by Gasteiger charge is -2.11. The van der Waals surface area contributed by atoms with Crippen LogP contribution in [-0.4, -0.2) is 25.4 Å². The molecule has 0 atom stereocenters. The van der Waals surface area contributed by atoms with Gasteiger partial charge < -0.3 is 9.88 Å². The number of amides is 1. The second-order valence-electron chi connectivity index (χ2n) is 7.86. The zero-order chi connectivity index (χ0) is 20.7. The molecule has 152 valence electrons. The molecule has 3 aromatic heterocycles. The fourth-order valence-electron chi connectivity index (χ4n) is 3.82. The summed E-state index contributed by atoms with van der Waals surface area (Å²) >= 11 is 1.47. The molecule has 0 unspecified atom stereocenters. The molecular weight excluding hydrogens is 394 g/mol. The Hall–Kier alpha value is -3.06. The van der Waals surface area contributed by atoms with Gasteiger partial charge in [0.05, 0.1) is 16.9 Å². The smallest absolute Gasteiger partial charge is 0.261 e. The van der Waals surface area contributed by atoms with Crippen LogP contribution in [0.15, 0.2) is 43.0 Å². The Morgan fingerprint density at radius 2 is 2.00 bits per heavy atom. The molecule has 1 saturated carbocycles.